The van der Waals surface area contributed by atoms with E-state index in [0.29, 0.717) is 17.5 Å². The van der Waals surface area contributed by atoms with Gasteiger partial charge in [0.25, 0.3) is 0 Å². The van der Waals surface area contributed by atoms with Crippen molar-refractivity contribution in [2.24, 2.45) is 5.73 Å². The summed E-state index contributed by atoms with van der Waals surface area (Å²) in [6.07, 6.45) is 2.50. The van der Waals surface area contributed by atoms with Crippen LogP contribution in [0.15, 0.2) is 79.0 Å². The van der Waals surface area contributed by atoms with Gasteiger partial charge in [-0.05, 0) is 47.4 Å². The van der Waals surface area contributed by atoms with Crippen molar-refractivity contribution in [1.82, 2.24) is 4.98 Å². The van der Waals surface area contributed by atoms with Gasteiger partial charge in [0.15, 0.2) is 0 Å². The van der Waals surface area contributed by atoms with E-state index in [4.69, 9.17) is 10.5 Å². The van der Waals surface area contributed by atoms with E-state index in [1.54, 1.807) is 24.3 Å². The molecular weight excluding hydrogens is 364 g/mol. The summed E-state index contributed by atoms with van der Waals surface area (Å²) in [5, 5.41) is 0.839. The van der Waals surface area contributed by atoms with Crippen LogP contribution in [0.3, 0.4) is 0 Å². The Balaban J connectivity index is 1.48. The van der Waals surface area contributed by atoms with Gasteiger partial charge in [-0.2, -0.15) is 0 Å². The number of primary amides is 1. The Morgan fingerprint density at radius 2 is 1.62 bits per heavy atom. The summed E-state index contributed by atoms with van der Waals surface area (Å²) in [4.78, 5) is 27.2. The van der Waals surface area contributed by atoms with Crippen LogP contribution in [0.2, 0.25) is 0 Å². The highest BCUT2D eigenvalue weighted by molar-refractivity contribution is 6.07. The van der Waals surface area contributed by atoms with E-state index >= 15 is 0 Å². The molecule has 144 valence electrons. The molecule has 0 radical (unpaired) electrons. The summed E-state index contributed by atoms with van der Waals surface area (Å²) in [7, 11) is 0. The lowest BCUT2D eigenvalue weighted by molar-refractivity contribution is 0.0472. The molecule has 0 fully saturated rings. The predicted molar refractivity (Wildman–Crippen MR) is 112 cm³/mol. The number of H-pyrrole nitrogens is 1. The molecule has 5 heteroatoms. The van der Waals surface area contributed by atoms with Crippen molar-refractivity contribution in [1.29, 1.82) is 0 Å². The van der Waals surface area contributed by atoms with Crippen molar-refractivity contribution in [3.8, 4) is 0 Å². The molecule has 0 bridgehead atoms. The summed E-state index contributed by atoms with van der Waals surface area (Å²) in [6.45, 7) is 0.243. The fourth-order valence-corrected chi connectivity index (χ4v) is 3.39. The van der Waals surface area contributed by atoms with Gasteiger partial charge in [0, 0.05) is 22.7 Å². The molecule has 0 saturated heterocycles. The van der Waals surface area contributed by atoms with Crippen molar-refractivity contribution in [3.63, 3.8) is 0 Å². The molecule has 1 heterocycles. The highest BCUT2D eigenvalue weighted by Gasteiger charge is 2.13. The summed E-state index contributed by atoms with van der Waals surface area (Å²) in [5.74, 6) is -0.809. The van der Waals surface area contributed by atoms with E-state index in [9.17, 15) is 9.59 Å². The van der Waals surface area contributed by atoms with Gasteiger partial charge in [0.2, 0.25) is 5.91 Å². The predicted octanol–water partition coefficient (Wildman–Crippen LogP) is 4.21. The van der Waals surface area contributed by atoms with Crippen molar-refractivity contribution in [3.05, 3.63) is 107 Å². The lowest BCUT2D eigenvalue weighted by atomic mass is 9.99. The SMILES string of the molecule is NC(=O)c1cccc2[nH]cc(Cc3ccc(C(=O)OCc4ccccc4)cc3)c12. The first kappa shape index (κ1) is 18.5. The van der Waals surface area contributed by atoms with Crippen LogP contribution >= 0.6 is 0 Å². The third-order valence-electron chi connectivity index (χ3n) is 4.85. The maximum Gasteiger partial charge on any atom is 0.338 e. The second-order valence-corrected chi connectivity index (χ2v) is 6.84. The molecule has 4 aromatic rings. The largest absolute Gasteiger partial charge is 0.457 e. The fourth-order valence-electron chi connectivity index (χ4n) is 3.39. The minimum atomic E-state index is -0.451. The zero-order valence-electron chi connectivity index (χ0n) is 15.7. The Morgan fingerprint density at radius 1 is 0.862 bits per heavy atom. The lowest BCUT2D eigenvalue weighted by Crippen LogP contribution is -2.11. The van der Waals surface area contributed by atoms with Crippen LogP contribution in [0.25, 0.3) is 10.9 Å². The minimum absolute atomic E-state index is 0.243. The number of ether oxygens (including phenoxy) is 1. The maximum absolute atomic E-state index is 12.3. The van der Waals surface area contributed by atoms with Crippen LogP contribution in [0.5, 0.6) is 0 Å². The van der Waals surface area contributed by atoms with Crippen molar-refractivity contribution >= 4 is 22.8 Å². The molecule has 0 aliphatic rings. The van der Waals surface area contributed by atoms with E-state index in [1.165, 1.54) is 0 Å². The minimum Gasteiger partial charge on any atom is -0.457 e. The Bertz CT molecular complexity index is 1160. The average Bonchev–Trinajstić information content (AvgIpc) is 3.16. The monoisotopic (exact) mass is 384 g/mol. The first-order valence-electron chi connectivity index (χ1n) is 9.30. The quantitative estimate of drug-likeness (QED) is 0.488. The van der Waals surface area contributed by atoms with Crippen LogP contribution in [-0.2, 0) is 17.8 Å². The van der Waals surface area contributed by atoms with Gasteiger partial charge in [-0.25, -0.2) is 4.79 Å². The first-order chi connectivity index (χ1) is 14.1. The van der Waals surface area contributed by atoms with Gasteiger partial charge in [-0.3, -0.25) is 4.79 Å². The van der Waals surface area contributed by atoms with E-state index in [-0.39, 0.29) is 12.6 Å². The number of nitrogens with two attached hydrogens (primary N) is 1. The van der Waals surface area contributed by atoms with Gasteiger partial charge < -0.3 is 15.5 Å². The normalized spacial score (nSPS) is 10.8. The van der Waals surface area contributed by atoms with Gasteiger partial charge >= 0.3 is 5.97 Å². The molecule has 4 rings (SSSR count). The Labute approximate surface area is 168 Å². The Kier molecular flexibility index (Phi) is 5.12. The van der Waals surface area contributed by atoms with Crippen LogP contribution in [0.1, 0.15) is 37.4 Å². The zero-order valence-corrected chi connectivity index (χ0v) is 15.7. The zero-order chi connectivity index (χ0) is 20.2. The molecule has 5 nitrogen and oxygen atoms in total. The van der Waals surface area contributed by atoms with E-state index in [1.807, 2.05) is 54.7 Å². The number of aromatic nitrogens is 1. The standard InChI is InChI=1S/C24H20N2O3/c25-23(27)20-7-4-8-21-22(20)19(14-26-21)13-16-9-11-18(12-10-16)24(28)29-15-17-5-2-1-3-6-17/h1-12,14,26H,13,15H2,(H2,25,27). The number of benzene rings is 3. The average molecular weight is 384 g/mol. The number of rotatable bonds is 6. The molecule has 0 atom stereocenters. The number of hydrogen-bond acceptors (Lipinski definition) is 3. The Hall–Kier alpha value is -3.86. The number of fused-ring (bicyclic) bond motifs is 1. The van der Waals surface area contributed by atoms with Gasteiger partial charge in [-0.15, -0.1) is 0 Å². The number of carbonyl (C=O) groups excluding carboxylic acids is 2. The second-order valence-electron chi connectivity index (χ2n) is 6.84. The summed E-state index contributed by atoms with van der Waals surface area (Å²) in [6, 6.07) is 22.3. The third kappa shape index (κ3) is 4.04. The topological polar surface area (TPSA) is 85.2 Å². The molecule has 0 unspecified atom stereocenters. The van der Waals surface area contributed by atoms with Crippen LogP contribution in [-0.4, -0.2) is 16.9 Å². The highest BCUT2D eigenvalue weighted by Crippen LogP contribution is 2.25. The molecule has 1 amide bonds. The lowest BCUT2D eigenvalue weighted by Gasteiger charge is -2.07. The number of amides is 1. The molecule has 3 N–H and O–H groups in total. The first-order valence-corrected chi connectivity index (χ1v) is 9.30. The van der Waals surface area contributed by atoms with Gasteiger partial charge in [0.1, 0.15) is 6.61 Å². The number of hydrogen-bond donors (Lipinski definition) is 2. The van der Waals surface area contributed by atoms with Crippen LogP contribution in [0.4, 0.5) is 0 Å². The fraction of sp³-hybridized carbons (Fsp3) is 0.0833. The highest BCUT2D eigenvalue weighted by atomic mass is 16.5. The second kappa shape index (κ2) is 8.02. The molecule has 0 saturated carbocycles. The number of nitrogens with one attached hydrogen (secondary N) is 1. The Morgan fingerprint density at radius 3 is 2.34 bits per heavy atom. The summed E-state index contributed by atoms with van der Waals surface area (Å²) < 4.78 is 5.36. The van der Waals surface area contributed by atoms with Gasteiger partial charge in [-0.1, -0.05) is 48.5 Å². The summed E-state index contributed by atoms with van der Waals surface area (Å²) in [5.41, 5.74) is 10.3. The smallest absolute Gasteiger partial charge is 0.338 e. The maximum atomic E-state index is 12.3. The molecule has 0 aliphatic carbocycles. The molecule has 0 spiro atoms. The van der Waals surface area contributed by atoms with Gasteiger partial charge in [0.05, 0.1) is 5.56 Å². The van der Waals surface area contributed by atoms with Crippen molar-refractivity contribution in [2.45, 2.75) is 13.0 Å². The number of carbonyl (C=O) groups is 2. The molecular formula is C24H20N2O3. The molecule has 1 aromatic heterocycles. The molecule has 0 aliphatic heterocycles. The number of aromatic amines is 1. The third-order valence-corrected chi connectivity index (χ3v) is 4.85. The summed E-state index contributed by atoms with van der Waals surface area (Å²) >= 11 is 0. The van der Waals surface area contributed by atoms with Crippen molar-refractivity contribution in [2.75, 3.05) is 0 Å². The van der Waals surface area contributed by atoms with E-state index in [2.05, 4.69) is 4.98 Å². The molecule has 29 heavy (non-hydrogen) atoms. The van der Waals surface area contributed by atoms with E-state index in [0.717, 1.165) is 27.6 Å². The van der Waals surface area contributed by atoms with Crippen LogP contribution < -0.4 is 5.73 Å². The number of esters is 1. The van der Waals surface area contributed by atoms with Crippen LogP contribution in [0, 0.1) is 0 Å². The molecule has 3 aromatic carbocycles. The van der Waals surface area contributed by atoms with Crippen molar-refractivity contribution < 1.29 is 14.3 Å². The van der Waals surface area contributed by atoms with E-state index < -0.39 is 5.91 Å².